The van der Waals surface area contributed by atoms with Gasteiger partial charge in [-0.05, 0) is 18.3 Å². The van der Waals surface area contributed by atoms with Crippen molar-refractivity contribution in [2.24, 2.45) is 17.7 Å². The first kappa shape index (κ1) is 8.16. The number of aromatic nitrogens is 1. The van der Waals surface area contributed by atoms with Gasteiger partial charge in [-0.3, -0.25) is 11.3 Å². The van der Waals surface area contributed by atoms with Crippen LogP contribution in [-0.4, -0.2) is 4.98 Å². The van der Waals surface area contributed by atoms with Crippen LogP contribution in [0.15, 0.2) is 10.9 Å². The average Bonchev–Trinajstić information content (AvgIpc) is 2.60. The van der Waals surface area contributed by atoms with Crippen molar-refractivity contribution in [1.82, 2.24) is 10.4 Å². The first-order valence-electron chi connectivity index (χ1n) is 4.17. The predicted octanol–water partition coefficient (Wildman–Crippen LogP) is 1.30. The Hall–Kier alpha value is -0.450. The molecule has 12 heavy (non-hydrogen) atoms. The van der Waals surface area contributed by atoms with Gasteiger partial charge >= 0.3 is 0 Å². The number of hydrogen-bond donors (Lipinski definition) is 2. The molecule has 1 saturated carbocycles. The molecule has 1 heterocycles. The van der Waals surface area contributed by atoms with E-state index >= 15 is 0 Å². The zero-order valence-corrected chi connectivity index (χ0v) is 7.84. The van der Waals surface area contributed by atoms with Crippen molar-refractivity contribution >= 4 is 11.3 Å². The summed E-state index contributed by atoms with van der Waals surface area (Å²) in [5, 5.41) is 2.07. The molecule has 0 amide bonds. The molecule has 0 aromatic carbocycles. The Balaban J connectivity index is 2.09. The second kappa shape index (κ2) is 3.12. The van der Waals surface area contributed by atoms with E-state index in [4.69, 9.17) is 5.84 Å². The Morgan fingerprint density at radius 2 is 2.58 bits per heavy atom. The molecular weight excluding hydrogens is 170 g/mol. The first-order chi connectivity index (χ1) is 5.83. The van der Waals surface area contributed by atoms with Gasteiger partial charge in [-0.25, -0.2) is 4.98 Å². The van der Waals surface area contributed by atoms with Crippen LogP contribution in [-0.2, 0) is 0 Å². The van der Waals surface area contributed by atoms with E-state index in [1.807, 2.05) is 5.51 Å². The average molecular weight is 183 g/mol. The smallest absolute Gasteiger partial charge is 0.0795 e. The van der Waals surface area contributed by atoms with Crippen molar-refractivity contribution in [1.29, 1.82) is 0 Å². The van der Waals surface area contributed by atoms with Crippen LogP contribution >= 0.6 is 11.3 Å². The van der Waals surface area contributed by atoms with E-state index in [2.05, 4.69) is 22.7 Å². The summed E-state index contributed by atoms with van der Waals surface area (Å²) in [5.41, 5.74) is 5.79. The number of nitrogens with zero attached hydrogens (tertiary/aromatic N) is 1. The standard InChI is InChI=1S/C8H13N3S/c1-5-2-6(5)8(11-9)7-3-12-4-10-7/h3-6,8,11H,2,9H2,1H3. The minimum absolute atomic E-state index is 0.270. The summed E-state index contributed by atoms with van der Waals surface area (Å²) in [7, 11) is 0. The number of hydrogen-bond acceptors (Lipinski definition) is 4. The molecular formula is C8H13N3S. The molecule has 3 atom stereocenters. The third-order valence-electron chi connectivity index (χ3n) is 2.55. The molecule has 0 radical (unpaired) electrons. The number of rotatable bonds is 3. The Kier molecular flexibility index (Phi) is 2.12. The van der Waals surface area contributed by atoms with Gasteiger partial charge in [0.15, 0.2) is 0 Å². The van der Waals surface area contributed by atoms with E-state index in [0.717, 1.165) is 11.6 Å². The molecule has 3 nitrogen and oxygen atoms in total. The summed E-state index contributed by atoms with van der Waals surface area (Å²) in [4.78, 5) is 4.26. The fourth-order valence-electron chi connectivity index (χ4n) is 1.62. The van der Waals surface area contributed by atoms with Crippen LogP contribution < -0.4 is 11.3 Å². The molecule has 66 valence electrons. The summed E-state index contributed by atoms with van der Waals surface area (Å²) in [5.74, 6) is 6.97. The molecule has 1 aromatic rings. The third kappa shape index (κ3) is 1.37. The van der Waals surface area contributed by atoms with Gasteiger partial charge in [-0.2, -0.15) is 0 Å². The van der Waals surface area contributed by atoms with Crippen LogP contribution in [0.3, 0.4) is 0 Å². The first-order valence-corrected chi connectivity index (χ1v) is 5.11. The molecule has 2 rings (SSSR count). The van der Waals surface area contributed by atoms with Gasteiger partial charge in [0.1, 0.15) is 0 Å². The highest BCUT2D eigenvalue weighted by Crippen LogP contribution is 2.46. The third-order valence-corrected chi connectivity index (χ3v) is 3.15. The van der Waals surface area contributed by atoms with Gasteiger partial charge in [0, 0.05) is 5.38 Å². The van der Waals surface area contributed by atoms with Crippen LogP contribution in [0, 0.1) is 11.8 Å². The summed E-state index contributed by atoms with van der Waals surface area (Å²) in [6, 6.07) is 0.270. The zero-order valence-electron chi connectivity index (χ0n) is 7.03. The SMILES string of the molecule is CC1CC1C(NN)c1cscn1. The zero-order chi connectivity index (χ0) is 8.55. The second-order valence-corrected chi connectivity index (χ2v) is 4.15. The monoisotopic (exact) mass is 183 g/mol. The van der Waals surface area contributed by atoms with E-state index in [1.165, 1.54) is 6.42 Å². The minimum Gasteiger partial charge on any atom is -0.271 e. The molecule has 1 aliphatic carbocycles. The predicted molar refractivity (Wildman–Crippen MR) is 49.4 cm³/mol. The summed E-state index contributed by atoms with van der Waals surface area (Å²) >= 11 is 1.62. The summed E-state index contributed by atoms with van der Waals surface area (Å²) < 4.78 is 0. The maximum absolute atomic E-state index is 5.48. The van der Waals surface area contributed by atoms with E-state index < -0.39 is 0 Å². The lowest BCUT2D eigenvalue weighted by Gasteiger charge is -2.11. The summed E-state index contributed by atoms with van der Waals surface area (Å²) in [6.07, 6.45) is 1.27. The maximum Gasteiger partial charge on any atom is 0.0795 e. The highest BCUT2D eigenvalue weighted by Gasteiger charge is 2.40. The molecule has 0 aliphatic heterocycles. The van der Waals surface area contributed by atoms with Gasteiger partial charge in [0.25, 0.3) is 0 Å². The molecule has 4 heteroatoms. The molecule has 1 aromatic heterocycles. The number of thiazole rings is 1. The van der Waals surface area contributed by atoms with E-state index in [1.54, 1.807) is 11.3 Å². The van der Waals surface area contributed by atoms with Crippen LogP contribution in [0.4, 0.5) is 0 Å². The second-order valence-electron chi connectivity index (χ2n) is 3.43. The van der Waals surface area contributed by atoms with Gasteiger partial charge in [0.2, 0.25) is 0 Å². The molecule has 1 aliphatic rings. The lowest BCUT2D eigenvalue weighted by molar-refractivity contribution is 0.467. The Morgan fingerprint density at radius 3 is 3.00 bits per heavy atom. The molecule has 3 N–H and O–H groups in total. The van der Waals surface area contributed by atoms with Crippen molar-refractivity contribution in [3.63, 3.8) is 0 Å². The van der Waals surface area contributed by atoms with Crippen LogP contribution in [0.2, 0.25) is 0 Å². The quantitative estimate of drug-likeness (QED) is 0.548. The number of hydrazine groups is 1. The van der Waals surface area contributed by atoms with Gasteiger partial charge in [0.05, 0.1) is 17.2 Å². The minimum atomic E-state index is 0.270. The van der Waals surface area contributed by atoms with Crippen molar-refractivity contribution in [2.75, 3.05) is 0 Å². The van der Waals surface area contributed by atoms with E-state index in [9.17, 15) is 0 Å². The van der Waals surface area contributed by atoms with Gasteiger partial charge < -0.3 is 0 Å². The molecule has 0 bridgehead atoms. The maximum atomic E-state index is 5.48. The van der Waals surface area contributed by atoms with Crippen molar-refractivity contribution in [3.05, 3.63) is 16.6 Å². The topological polar surface area (TPSA) is 50.9 Å². The fraction of sp³-hybridized carbons (Fsp3) is 0.625. The van der Waals surface area contributed by atoms with Crippen LogP contribution in [0.5, 0.6) is 0 Å². The van der Waals surface area contributed by atoms with Crippen LogP contribution in [0.25, 0.3) is 0 Å². The number of nitrogens with two attached hydrogens (primary N) is 1. The highest BCUT2D eigenvalue weighted by atomic mass is 32.1. The number of nitrogens with one attached hydrogen (secondary N) is 1. The van der Waals surface area contributed by atoms with Crippen molar-refractivity contribution in [3.8, 4) is 0 Å². The van der Waals surface area contributed by atoms with Crippen molar-refractivity contribution in [2.45, 2.75) is 19.4 Å². The Bertz CT molecular complexity index is 247. The molecule has 1 fully saturated rings. The lowest BCUT2D eigenvalue weighted by atomic mass is 10.1. The highest BCUT2D eigenvalue weighted by molar-refractivity contribution is 7.07. The molecule has 0 saturated heterocycles. The largest absolute Gasteiger partial charge is 0.271 e. The van der Waals surface area contributed by atoms with Gasteiger partial charge in [-0.1, -0.05) is 6.92 Å². The van der Waals surface area contributed by atoms with E-state index in [-0.39, 0.29) is 6.04 Å². The molecule has 3 unspecified atom stereocenters. The Labute approximate surface area is 76.0 Å². The van der Waals surface area contributed by atoms with Crippen LogP contribution in [0.1, 0.15) is 25.1 Å². The fourth-order valence-corrected chi connectivity index (χ4v) is 2.21. The van der Waals surface area contributed by atoms with Crippen molar-refractivity contribution < 1.29 is 0 Å². The van der Waals surface area contributed by atoms with Gasteiger partial charge in [-0.15, -0.1) is 11.3 Å². The molecule has 0 spiro atoms. The normalized spacial score (nSPS) is 30.2. The van der Waals surface area contributed by atoms with E-state index in [0.29, 0.717) is 5.92 Å². The summed E-state index contributed by atoms with van der Waals surface area (Å²) in [6.45, 7) is 2.25. The lowest BCUT2D eigenvalue weighted by Crippen LogP contribution is -2.30. The Morgan fingerprint density at radius 1 is 1.83 bits per heavy atom.